The van der Waals surface area contributed by atoms with Crippen LogP contribution in [0.2, 0.25) is 0 Å². The highest BCUT2D eigenvalue weighted by Crippen LogP contribution is 2.29. The number of nitro benzene ring substituents is 1. The Labute approximate surface area is 172 Å². The lowest BCUT2D eigenvalue weighted by Gasteiger charge is -2.07. The van der Waals surface area contributed by atoms with Crippen molar-refractivity contribution in [2.75, 3.05) is 18.2 Å². The van der Waals surface area contributed by atoms with Crippen LogP contribution in [-0.2, 0) is 4.79 Å². The molecule has 152 valence electrons. The first-order chi connectivity index (χ1) is 14.4. The summed E-state index contributed by atoms with van der Waals surface area (Å²) in [4.78, 5) is 30.2. The highest BCUT2D eigenvalue weighted by Gasteiger charge is 2.18. The van der Waals surface area contributed by atoms with E-state index in [-0.39, 0.29) is 22.3 Å². The summed E-state index contributed by atoms with van der Waals surface area (Å²) >= 11 is 1.01. The van der Waals surface area contributed by atoms with Gasteiger partial charge in [0.2, 0.25) is 11.1 Å². The number of aromatic amines is 1. The Morgan fingerprint density at radius 2 is 2.13 bits per heavy atom. The topological polar surface area (TPSA) is 136 Å². The molecule has 12 heteroatoms. The molecule has 4 aromatic rings. The van der Waals surface area contributed by atoms with Crippen LogP contribution < -0.4 is 10.1 Å². The summed E-state index contributed by atoms with van der Waals surface area (Å²) in [6.07, 6.45) is 0. The molecular weight excluding hydrogens is 415 g/mol. The number of nitrogens with zero attached hydrogens (tertiary/aromatic N) is 4. The number of H-pyrrole nitrogens is 1. The summed E-state index contributed by atoms with van der Waals surface area (Å²) in [5.74, 6) is -0.658. The van der Waals surface area contributed by atoms with Crippen molar-refractivity contribution < 1.29 is 18.8 Å². The molecule has 0 spiro atoms. The first-order valence-corrected chi connectivity index (χ1v) is 9.50. The normalized spacial score (nSPS) is 11.0. The molecule has 2 aromatic carbocycles. The third-order valence-corrected chi connectivity index (χ3v) is 5.00. The molecule has 0 atom stereocenters. The fourth-order valence-electron chi connectivity index (χ4n) is 2.80. The van der Waals surface area contributed by atoms with E-state index in [1.54, 1.807) is 6.07 Å². The average Bonchev–Trinajstić information content (AvgIpc) is 3.09. The minimum absolute atomic E-state index is 0.0542. The quantitative estimate of drug-likeness (QED) is 0.271. The average molecular weight is 428 g/mol. The number of fused-ring (bicyclic) bond motifs is 3. The second-order valence-corrected chi connectivity index (χ2v) is 7.03. The number of halogens is 1. The van der Waals surface area contributed by atoms with Crippen LogP contribution in [0.25, 0.3) is 22.1 Å². The molecule has 30 heavy (non-hydrogen) atoms. The lowest BCUT2D eigenvalue weighted by atomic mass is 10.2. The van der Waals surface area contributed by atoms with Gasteiger partial charge >= 0.3 is 0 Å². The Kier molecular flexibility index (Phi) is 5.14. The second kappa shape index (κ2) is 7.91. The summed E-state index contributed by atoms with van der Waals surface area (Å²) in [6, 6.07) is 8.37. The van der Waals surface area contributed by atoms with Crippen LogP contribution in [-0.4, -0.2) is 43.9 Å². The first kappa shape index (κ1) is 19.5. The fraction of sp³-hybridized carbons (Fsp3) is 0.111. The number of anilines is 1. The van der Waals surface area contributed by atoms with Crippen LogP contribution in [0.1, 0.15) is 0 Å². The van der Waals surface area contributed by atoms with Crippen LogP contribution in [0, 0.1) is 15.9 Å². The van der Waals surface area contributed by atoms with Gasteiger partial charge in [-0.25, -0.2) is 9.37 Å². The SMILES string of the molecule is COc1ccc(NC(=O)CSc2nnc3c(n2)[nH]c2ccc(F)cc23)c([N+](=O)[O-])c1. The minimum atomic E-state index is -0.606. The summed E-state index contributed by atoms with van der Waals surface area (Å²) in [7, 11) is 1.39. The number of nitro groups is 1. The molecule has 4 rings (SSSR count). The number of ether oxygens (including phenoxy) is 1. The number of hydrogen-bond donors (Lipinski definition) is 2. The molecule has 0 aliphatic carbocycles. The number of nitrogens with one attached hydrogen (secondary N) is 2. The highest BCUT2D eigenvalue weighted by atomic mass is 32.2. The standard InChI is InChI=1S/C18H13FN6O4S/c1-29-10-3-5-13(14(7-10)25(27)28)20-15(26)8-30-18-22-17-16(23-24-18)11-6-9(19)2-4-12(11)21-17/h2-7H,8H2,1H3,(H,20,26)(H,21,22,24). The van der Waals surface area contributed by atoms with Crippen molar-refractivity contribution in [1.82, 2.24) is 20.2 Å². The molecule has 0 saturated carbocycles. The van der Waals surface area contributed by atoms with Gasteiger partial charge in [0.05, 0.1) is 23.9 Å². The summed E-state index contributed by atoms with van der Waals surface area (Å²) < 4.78 is 18.4. The van der Waals surface area contributed by atoms with Crippen molar-refractivity contribution in [3.63, 3.8) is 0 Å². The zero-order valence-electron chi connectivity index (χ0n) is 15.4. The third-order valence-electron chi connectivity index (χ3n) is 4.17. The zero-order chi connectivity index (χ0) is 21.3. The smallest absolute Gasteiger partial charge is 0.296 e. The molecule has 0 unspecified atom stereocenters. The maximum Gasteiger partial charge on any atom is 0.296 e. The van der Waals surface area contributed by atoms with Crippen LogP contribution in [0.3, 0.4) is 0 Å². The van der Waals surface area contributed by atoms with E-state index in [9.17, 15) is 19.3 Å². The maximum atomic E-state index is 13.5. The van der Waals surface area contributed by atoms with E-state index >= 15 is 0 Å². The van der Waals surface area contributed by atoms with Gasteiger partial charge < -0.3 is 15.0 Å². The lowest BCUT2D eigenvalue weighted by Crippen LogP contribution is -2.15. The van der Waals surface area contributed by atoms with E-state index in [0.717, 1.165) is 11.8 Å². The van der Waals surface area contributed by atoms with Crippen molar-refractivity contribution in [3.05, 3.63) is 52.3 Å². The molecule has 0 aliphatic heterocycles. The van der Waals surface area contributed by atoms with Gasteiger partial charge in [0.1, 0.15) is 22.8 Å². The monoisotopic (exact) mass is 428 g/mol. The van der Waals surface area contributed by atoms with Gasteiger partial charge in [-0.1, -0.05) is 11.8 Å². The second-order valence-electron chi connectivity index (χ2n) is 6.08. The molecule has 10 nitrogen and oxygen atoms in total. The predicted octanol–water partition coefficient (Wildman–Crippen LogP) is 3.29. The van der Waals surface area contributed by atoms with E-state index in [2.05, 4.69) is 25.5 Å². The van der Waals surface area contributed by atoms with Gasteiger partial charge in [0.15, 0.2) is 5.65 Å². The van der Waals surface area contributed by atoms with Crippen molar-refractivity contribution in [2.24, 2.45) is 0 Å². The number of benzene rings is 2. The molecule has 0 fully saturated rings. The Bertz CT molecular complexity index is 1290. The van der Waals surface area contributed by atoms with E-state index in [1.807, 2.05) is 0 Å². The van der Waals surface area contributed by atoms with Crippen LogP contribution in [0.4, 0.5) is 15.8 Å². The highest BCUT2D eigenvalue weighted by molar-refractivity contribution is 7.99. The van der Waals surface area contributed by atoms with Gasteiger partial charge in [-0.2, -0.15) is 0 Å². The van der Waals surface area contributed by atoms with Gasteiger partial charge in [-0.15, -0.1) is 10.2 Å². The van der Waals surface area contributed by atoms with E-state index in [1.165, 1.54) is 37.4 Å². The van der Waals surface area contributed by atoms with Crippen LogP contribution in [0.5, 0.6) is 5.75 Å². The van der Waals surface area contributed by atoms with Crippen molar-refractivity contribution in [1.29, 1.82) is 0 Å². The van der Waals surface area contributed by atoms with Gasteiger partial charge in [0.25, 0.3) is 5.69 Å². The first-order valence-electron chi connectivity index (χ1n) is 8.51. The van der Waals surface area contributed by atoms with Crippen molar-refractivity contribution in [2.45, 2.75) is 5.16 Å². The number of rotatable bonds is 6. The predicted molar refractivity (Wildman–Crippen MR) is 108 cm³/mol. The molecule has 2 aromatic heterocycles. The summed E-state index contributed by atoms with van der Waals surface area (Å²) in [5.41, 5.74) is 1.28. The molecule has 1 amide bonds. The number of aromatic nitrogens is 4. The number of methoxy groups -OCH3 is 1. The van der Waals surface area contributed by atoms with Crippen molar-refractivity contribution in [3.8, 4) is 5.75 Å². The summed E-state index contributed by atoms with van der Waals surface area (Å²) in [5, 5.41) is 22.5. The van der Waals surface area contributed by atoms with Crippen molar-refractivity contribution >= 4 is 51.1 Å². The molecule has 0 bridgehead atoms. The molecule has 2 heterocycles. The summed E-state index contributed by atoms with van der Waals surface area (Å²) in [6.45, 7) is 0. The largest absolute Gasteiger partial charge is 0.496 e. The minimum Gasteiger partial charge on any atom is -0.496 e. The van der Waals surface area contributed by atoms with Crippen LogP contribution >= 0.6 is 11.8 Å². The number of carbonyl (C=O) groups excluding carboxylic acids is 1. The van der Waals surface area contributed by atoms with Gasteiger partial charge in [0, 0.05) is 10.9 Å². The van der Waals surface area contributed by atoms with E-state index in [4.69, 9.17) is 4.74 Å². The number of thioether (sulfide) groups is 1. The number of amides is 1. The molecule has 2 N–H and O–H groups in total. The van der Waals surface area contributed by atoms with Gasteiger partial charge in [-0.3, -0.25) is 14.9 Å². The Morgan fingerprint density at radius 3 is 2.90 bits per heavy atom. The third kappa shape index (κ3) is 3.85. The Hall–Kier alpha value is -3.80. The number of hydrogen-bond acceptors (Lipinski definition) is 8. The maximum absolute atomic E-state index is 13.5. The lowest BCUT2D eigenvalue weighted by molar-refractivity contribution is -0.384. The molecular formula is C18H13FN6O4S. The molecule has 0 aliphatic rings. The molecule has 0 saturated heterocycles. The van der Waals surface area contributed by atoms with Crippen LogP contribution in [0.15, 0.2) is 41.6 Å². The van der Waals surface area contributed by atoms with Gasteiger partial charge in [-0.05, 0) is 30.3 Å². The zero-order valence-corrected chi connectivity index (χ0v) is 16.2. The Balaban J connectivity index is 1.48. The fourth-order valence-corrected chi connectivity index (χ4v) is 3.39. The Morgan fingerprint density at radius 1 is 1.30 bits per heavy atom. The number of carbonyl (C=O) groups is 1. The van der Waals surface area contributed by atoms with E-state index < -0.39 is 16.6 Å². The molecule has 0 radical (unpaired) electrons. The van der Waals surface area contributed by atoms with E-state index in [0.29, 0.717) is 27.8 Å².